The summed E-state index contributed by atoms with van der Waals surface area (Å²) in [6.07, 6.45) is 0. The lowest BCUT2D eigenvalue weighted by molar-refractivity contribution is 0.631. The van der Waals surface area contributed by atoms with Crippen molar-refractivity contribution in [3.63, 3.8) is 0 Å². The van der Waals surface area contributed by atoms with Crippen LogP contribution >= 0.6 is 39.1 Å². The van der Waals surface area contributed by atoms with Crippen molar-refractivity contribution in [1.29, 1.82) is 0 Å². The van der Waals surface area contributed by atoms with E-state index in [1.165, 1.54) is 12.1 Å². The number of hydrogen-bond acceptors (Lipinski definition) is 2. The fourth-order valence-electron chi connectivity index (χ4n) is 1.41. The van der Waals surface area contributed by atoms with Gasteiger partial charge in [0.15, 0.2) is 0 Å². The fraction of sp³-hybridized carbons (Fsp3) is 0. The molecule has 0 heterocycles. The van der Waals surface area contributed by atoms with Gasteiger partial charge in [-0.25, -0.2) is 4.39 Å². The van der Waals surface area contributed by atoms with Gasteiger partial charge < -0.3 is 11.1 Å². The zero-order valence-corrected chi connectivity index (χ0v) is 12.1. The summed E-state index contributed by atoms with van der Waals surface area (Å²) in [7, 11) is 0. The Morgan fingerprint density at radius 2 is 1.72 bits per heavy atom. The highest BCUT2D eigenvalue weighted by Crippen LogP contribution is 2.33. The molecule has 0 atom stereocenters. The molecule has 18 heavy (non-hydrogen) atoms. The molecule has 2 rings (SSSR count). The number of benzene rings is 2. The van der Waals surface area contributed by atoms with Crippen molar-refractivity contribution < 1.29 is 4.39 Å². The molecule has 0 aliphatic rings. The first-order chi connectivity index (χ1) is 8.47. The maximum atomic E-state index is 13.7. The normalized spacial score (nSPS) is 10.4. The zero-order valence-electron chi connectivity index (χ0n) is 8.98. The van der Waals surface area contributed by atoms with Crippen LogP contribution in [0.25, 0.3) is 0 Å². The molecule has 0 spiro atoms. The smallest absolute Gasteiger partial charge is 0.147 e. The van der Waals surface area contributed by atoms with Crippen molar-refractivity contribution in [1.82, 2.24) is 0 Å². The van der Waals surface area contributed by atoms with Crippen LogP contribution in [-0.2, 0) is 0 Å². The lowest BCUT2D eigenvalue weighted by Gasteiger charge is -2.11. The predicted octanol–water partition coefficient (Wildman–Crippen LogP) is 5.22. The van der Waals surface area contributed by atoms with E-state index < -0.39 is 5.82 Å². The number of halogens is 4. The van der Waals surface area contributed by atoms with Crippen LogP contribution in [0, 0.1) is 5.82 Å². The van der Waals surface area contributed by atoms with Crippen molar-refractivity contribution in [2.24, 2.45) is 0 Å². The van der Waals surface area contributed by atoms with Gasteiger partial charge in [-0.05, 0) is 30.3 Å². The van der Waals surface area contributed by atoms with E-state index in [1.807, 2.05) is 0 Å². The first-order valence-corrected chi connectivity index (χ1v) is 6.49. The number of nitrogen functional groups attached to an aromatic ring is 1. The quantitative estimate of drug-likeness (QED) is 0.729. The Morgan fingerprint density at radius 3 is 2.39 bits per heavy atom. The van der Waals surface area contributed by atoms with E-state index in [-0.39, 0.29) is 0 Å². The fourth-order valence-corrected chi connectivity index (χ4v) is 2.08. The van der Waals surface area contributed by atoms with Gasteiger partial charge in [0.2, 0.25) is 0 Å². The monoisotopic (exact) mass is 348 g/mol. The van der Waals surface area contributed by atoms with Crippen LogP contribution in [0.2, 0.25) is 10.0 Å². The van der Waals surface area contributed by atoms with Crippen LogP contribution < -0.4 is 11.1 Å². The maximum Gasteiger partial charge on any atom is 0.147 e. The number of anilines is 3. The zero-order chi connectivity index (χ0) is 13.3. The minimum Gasteiger partial charge on any atom is -0.397 e. The Bertz CT molecular complexity index is 605. The second-order valence-corrected chi connectivity index (χ2v) is 5.33. The minimum atomic E-state index is -0.394. The van der Waals surface area contributed by atoms with Crippen LogP contribution in [0.1, 0.15) is 0 Å². The Morgan fingerprint density at radius 1 is 1.06 bits per heavy atom. The molecule has 2 aromatic carbocycles. The van der Waals surface area contributed by atoms with E-state index in [9.17, 15) is 4.39 Å². The third-order valence-corrected chi connectivity index (χ3v) is 3.51. The Balaban J connectivity index is 2.37. The van der Waals surface area contributed by atoms with Crippen LogP contribution in [-0.4, -0.2) is 0 Å². The molecule has 2 nitrogen and oxygen atoms in total. The molecule has 94 valence electrons. The summed E-state index contributed by atoms with van der Waals surface area (Å²) in [5.74, 6) is -0.394. The molecule has 6 heteroatoms. The van der Waals surface area contributed by atoms with Crippen LogP contribution in [0.3, 0.4) is 0 Å². The molecule has 0 bridgehead atoms. The molecular weight excluding hydrogens is 342 g/mol. The van der Waals surface area contributed by atoms with Crippen molar-refractivity contribution in [2.75, 3.05) is 11.1 Å². The number of hydrogen-bond donors (Lipinski definition) is 2. The third kappa shape index (κ3) is 2.88. The minimum absolute atomic E-state index is 0.309. The third-order valence-electron chi connectivity index (χ3n) is 2.29. The van der Waals surface area contributed by atoms with E-state index in [2.05, 4.69) is 21.2 Å². The molecule has 0 amide bonds. The van der Waals surface area contributed by atoms with E-state index in [4.69, 9.17) is 28.9 Å². The summed E-state index contributed by atoms with van der Waals surface area (Å²) < 4.78 is 14.3. The van der Waals surface area contributed by atoms with Gasteiger partial charge in [-0.1, -0.05) is 39.1 Å². The molecule has 0 aliphatic heterocycles. The van der Waals surface area contributed by atoms with Gasteiger partial charge in [-0.3, -0.25) is 0 Å². The van der Waals surface area contributed by atoms with E-state index in [0.29, 0.717) is 31.6 Å². The average Bonchev–Trinajstić information content (AvgIpc) is 2.29. The summed E-state index contributed by atoms with van der Waals surface area (Å²) >= 11 is 14.9. The topological polar surface area (TPSA) is 38.0 Å². The first kappa shape index (κ1) is 13.5. The average molecular weight is 350 g/mol. The number of rotatable bonds is 2. The Kier molecular flexibility index (Phi) is 4.00. The largest absolute Gasteiger partial charge is 0.397 e. The molecule has 2 aromatic rings. The van der Waals surface area contributed by atoms with Gasteiger partial charge in [0.05, 0.1) is 27.1 Å². The molecule has 0 radical (unpaired) electrons. The van der Waals surface area contributed by atoms with Gasteiger partial charge in [0, 0.05) is 4.47 Å². The molecule has 0 aliphatic carbocycles. The van der Waals surface area contributed by atoms with Gasteiger partial charge in [-0.15, -0.1) is 0 Å². The SMILES string of the molecule is Nc1cc(Cl)c(Cl)cc1Nc1ccc(Br)cc1F. The molecule has 3 N–H and O–H groups in total. The molecule has 0 unspecified atom stereocenters. The molecular formula is C12H8BrCl2FN2. The van der Waals surface area contributed by atoms with E-state index in [1.54, 1.807) is 18.2 Å². The Labute approximate surface area is 122 Å². The highest BCUT2D eigenvalue weighted by Gasteiger charge is 2.08. The van der Waals surface area contributed by atoms with E-state index >= 15 is 0 Å². The molecule has 0 saturated heterocycles. The van der Waals surface area contributed by atoms with Gasteiger partial charge in [0.25, 0.3) is 0 Å². The predicted molar refractivity (Wildman–Crippen MR) is 78.3 cm³/mol. The van der Waals surface area contributed by atoms with Gasteiger partial charge in [0.1, 0.15) is 5.82 Å². The molecule has 0 saturated carbocycles. The molecule has 0 aromatic heterocycles. The maximum absolute atomic E-state index is 13.7. The summed E-state index contributed by atoms with van der Waals surface area (Å²) in [4.78, 5) is 0. The first-order valence-electron chi connectivity index (χ1n) is 4.94. The van der Waals surface area contributed by atoms with Crippen LogP contribution in [0.5, 0.6) is 0 Å². The highest BCUT2D eigenvalue weighted by atomic mass is 79.9. The second-order valence-electron chi connectivity index (χ2n) is 3.60. The summed E-state index contributed by atoms with van der Waals surface area (Å²) in [5, 5.41) is 3.58. The van der Waals surface area contributed by atoms with Gasteiger partial charge in [-0.2, -0.15) is 0 Å². The van der Waals surface area contributed by atoms with Crippen molar-refractivity contribution in [3.05, 3.63) is 50.7 Å². The lowest BCUT2D eigenvalue weighted by Crippen LogP contribution is -1.98. The van der Waals surface area contributed by atoms with Gasteiger partial charge >= 0.3 is 0 Å². The highest BCUT2D eigenvalue weighted by molar-refractivity contribution is 9.10. The Hall–Kier alpha value is -0.970. The summed E-state index contributed by atoms with van der Waals surface area (Å²) in [5.41, 5.74) is 6.99. The van der Waals surface area contributed by atoms with Crippen molar-refractivity contribution in [2.45, 2.75) is 0 Å². The number of nitrogens with one attached hydrogen (secondary N) is 1. The van der Waals surface area contributed by atoms with E-state index in [0.717, 1.165) is 0 Å². The lowest BCUT2D eigenvalue weighted by atomic mass is 10.2. The second kappa shape index (κ2) is 5.34. The summed E-state index contributed by atoms with van der Waals surface area (Å²) in [6, 6.07) is 7.75. The van der Waals surface area contributed by atoms with Crippen LogP contribution in [0.15, 0.2) is 34.8 Å². The van der Waals surface area contributed by atoms with Crippen molar-refractivity contribution in [3.8, 4) is 0 Å². The summed E-state index contributed by atoms with van der Waals surface area (Å²) in [6.45, 7) is 0. The molecule has 0 fully saturated rings. The number of nitrogens with two attached hydrogens (primary N) is 1. The van der Waals surface area contributed by atoms with Crippen molar-refractivity contribution >= 4 is 56.2 Å². The van der Waals surface area contributed by atoms with Crippen LogP contribution in [0.4, 0.5) is 21.5 Å². The standard InChI is InChI=1S/C12H8BrCl2FN2/c13-6-1-2-11(9(16)3-6)18-12-5-8(15)7(14)4-10(12)17/h1-5,18H,17H2.